The molecule has 0 saturated carbocycles. The number of nitrogens with zero attached hydrogens (tertiary/aromatic N) is 2. The molecule has 0 aromatic heterocycles. The molecule has 1 atom stereocenters. The number of fused-ring (bicyclic) bond motifs is 1. The van der Waals surface area contributed by atoms with Crippen molar-refractivity contribution in [1.82, 2.24) is 0 Å². The van der Waals surface area contributed by atoms with E-state index < -0.39 is 7.14 Å². The zero-order valence-corrected chi connectivity index (χ0v) is 12.6. The molecule has 1 aliphatic rings. The average molecular weight is 276 g/mol. The molecule has 1 aromatic carbocycles. The zero-order valence-electron chi connectivity index (χ0n) is 11.7. The molecule has 0 amide bonds. The second-order valence-electron chi connectivity index (χ2n) is 5.17. The van der Waals surface area contributed by atoms with Gasteiger partial charge in [-0.15, -0.1) is 0 Å². The van der Waals surface area contributed by atoms with E-state index in [1.807, 2.05) is 32.0 Å². The van der Waals surface area contributed by atoms with E-state index >= 15 is 0 Å². The number of benzene rings is 1. The van der Waals surface area contributed by atoms with Crippen molar-refractivity contribution < 1.29 is 4.57 Å². The molecule has 3 nitrogen and oxygen atoms in total. The molecule has 1 aromatic rings. The van der Waals surface area contributed by atoms with Gasteiger partial charge in [-0.3, -0.25) is 4.90 Å². The maximum atomic E-state index is 12.5. The molecule has 1 heterocycles. The third-order valence-corrected chi connectivity index (χ3v) is 7.61. The number of anilines is 1. The molecule has 102 valence electrons. The Labute approximate surface area is 115 Å². The van der Waals surface area contributed by atoms with Gasteiger partial charge in [-0.1, -0.05) is 32.0 Å². The van der Waals surface area contributed by atoms with E-state index in [4.69, 9.17) is 0 Å². The molecular weight excluding hydrogens is 255 g/mol. The van der Waals surface area contributed by atoms with Gasteiger partial charge in [0.05, 0.1) is 12.8 Å². The van der Waals surface area contributed by atoms with E-state index in [2.05, 4.69) is 12.3 Å². The second-order valence-corrected chi connectivity index (χ2v) is 9.00. The maximum Gasteiger partial charge on any atom is 0.184 e. The van der Waals surface area contributed by atoms with Crippen LogP contribution in [0.2, 0.25) is 0 Å². The highest BCUT2D eigenvalue weighted by Crippen LogP contribution is 2.48. The lowest BCUT2D eigenvalue weighted by atomic mass is 9.99. The molecule has 0 bridgehead atoms. The van der Waals surface area contributed by atoms with Crippen molar-refractivity contribution in [2.45, 2.75) is 26.2 Å². The van der Waals surface area contributed by atoms with Crippen LogP contribution in [-0.2, 0) is 4.57 Å². The first-order valence-corrected chi connectivity index (χ1v) is 9.23. The summed E-state index contributed by atoms with van der Waals surface area (Å²) >= 11 is 0. The van der Waals surface area contributed by atoms with Gasteiger partial charge in [0.1, 0.15) is 0 Å². The van der Waals surface area contributed by atoms with Crippen LogP contribution in [0.25, 0.3) is 0 Å². The van der Waals surface area contributed by atoms with E-state index in [-0.39, 0.29) is 0 Å². The molecular formula is C15H21N2OP. The van der Waals surface area contributed by atoms with Gasteiger partial charge in [0.25, 0.3) is 0 Å². The van der Waals surface area contributed by atoms with Gasteiger partial charge in [-0.05, 0) is 30.4 Å². The summed E-state index contributed by atoms with van der Waals surface area (Å²) in [4.78, 5) is 1.75. The van der Waals surface area contributed by atoms with E-state index in [0.717, 1.165) is 37.1 Å². The van der Waals surface area contributed by atoms with Crippen LogP contribution in [-0.4, -0.2) is 25.0 Å². The zero-order chi connectivity index (χ0) is 13.9. The van der Waals surface area contributed by atoms with Crippen molar-refractivity contribution in [3.05, 3.63) is 29.8 Å². The molecule has 4 heteroatoms. The quantitative estimate of drug-likeness (QED) is 0.606. The summed E-state index contributed by atoms with van der Waals surface area (Å²) in [5, 5.41) is 9.17. The van der Waals surface area contributed by atoms with Crippen molar-refractivity contribution in [3.8, 4) is 6.19 Å². The highest BCUT2D eigenvalue weighted by Gasteiger charge is 2.29. The van der Waals surface area contributed by atoms with Crippen molar-refractivity contribution in [2.75, 3.05) is 29.9 Å². The summed E-state index contributed by atoms with van der Waals surface area (Å²) < 4.78 is 12.5. The van der Waals surface area contributed by atoms with Crippen LogP contribution in [0.1, 0.15) is 31.7 Å². The number of hydrogen-bond donors (Lipinski definition) is 0. The van der Waals surface area contributed by atoms with Crippen molar-refractivity contribution in [2.24, 2.45) is 0 Å². The number of rotatable bonds is 5. The van der Waals surface area contributed by atoms with Gasteiger partial charge < -0.3 is 4.57 Å². The van der Waals surface area contributed by atoms with E-state index in [0.29, 0.717) is 5.92 Å². The van der Waals surface area contributed by atoms with E-state index in [1.165, 1.54) is 5.56 Å². The topological polar surface area (TPSA) is 44.1 Å². The van der Waals surface area contributed by atoms with E-state index in [1.54, 1.807) is 4.90 Å². The van der Waals surface area contributed by atoms with E-state index in [9.17, 15) is 9.83 Å². The Morgan fingerprint density at radius 2 is 2.05 bits per heavy atom. The van der Waals surface area contributed by atoms with Crippen LogP contribution in [0.4, 0.5) is 5.69 Å². The molecule has 0 fully saturated rings. The first-order valence-electron chi connectivity index (χ1n) is 6.97. The Hall–Kier alpha value is -1.26. The molecule has 19 heavy (non-hydrogen) atoms. The lowest BCUT2D eigenvalue weighted by Gasteiger charge is -2.17. The smallest absolute Gasteiger partial charge is 0.184 e. The lowest BCUT2D eigenvalue weighted by Crippen LogP contribution is -2.15. The van der Waals surface area contributed by atoms with Crippen LogP contribution >= 0.6 is 7.14 Å². The van der Waals surface area contributed by atoms with Gasteiger partial charge in [0, 0.05) is 18.6 Å². The predicted molar refractivity (Wildman–Crippen MR) is 80.3 cm³/mol. The highest BCUT2D eigenvalue weighted by atomic mass is 31.2. The third kappa shape index (κ3) is 2.85. The number of nitriles is 1. The van der Waals surface area contributed by atoms with Crippen LogP contribution in [0, 0.1) is 11.5 Å². The van der Waals surface area contributed by atoms with Gasteiger partial charge in [-0.25, -0.2) is 0 Å². The summed E-state index contributed by atoms with van der Waals surface area (Å²) in [7, 11) is -1.98. The summed E-state index contributed by atoms with van der Waals surface area (Å²) in [5.74, 6) is 0.349. The fourth-order valence-corrected chi connectivity index (χ4v) is 4.63. The third-order valence-electron chi connectivity index (χ3n) is 4.23. The summed E-state index contributed by atoms with van der Waals surface area (Å²) in [6.07, 6.45) is 5.55. The van der Waals surface area contributed by atoms with Gasteiger partial charge in [0.2, 0.25) is 0 Å². The molecule has 0 radical (unpaired) electrons. The van der Waals surface area contributed by atoms with Crippen molar-refractivity contribution in [3.63, 3.8) is 0 Å². The summed E-state index contributed by atoms with van der Waals surface area (Å²) in [6, 6.07) is 8.08. The summed E-state index contributed by atoms with van der Waals surface area (Å²) in [6.45, 7) is 4.78. The average Bonchev–Trinajstić information content (AvgIpc) is 2.83. The summed E-state index contributed by atoms with van der Waals surface area (Å²) in [5.41, 5.74) is 2.26. The monoisotopic (exact) mass is 276 g/mol. The van der Waals surface area contributed by atoms with Crippen LogP contribution < -0.4 is 4.90 Å². The fourth-order valence-electron chi connectivity index (χ4n) is 2.77. The maximum absolute atomic E-state index is 12.5. The molecule has 2 rings (SSSR count). The largest absolute Gasteiger partial charge is 0.324 e. The lowest BCUT2D eigenvalue weighted by molar-refractivity contribution is 0.570. The Kier molecular flexibility index (Phi) is 4.32. The Bertz CT molecular complexity index is 527. The van der Waals surface area contributed by atoms with Gasteiger partial charge >= 0.3 is 0 Å². The molecule has 1 aliphatic heterocycles. The molecule has 0 N–H and O–H groups in total. The standard InChI is InChI=1S/C15H21N2OP/c1-3-19(18,4-2)10-9-13-11-17(12-16)15-8-6-5-7-14(13)15/h5-8,13H,3-4,9-11H2,1-2H3. The van der Waals surface area contributed by atoms with Crippen LogP contribution in [0.3, 0.4) is 0 Å². The first-order chi connectivity index (χ1) is 9.13. The Balaban J connectivity index is 2.12. The minimum atomic E-state index is -1.98. The first kappa shape index (κ1) is 14.2. The molecule has 1 unspecified atom stereocenters. The predicted octanol–water partition coefficient (Wildman–Crippen LogP) is 3.86. The van der Waals surface area contributed by atoms with Gasteiger partial charge in [-0.2, -0.15) is 5.26 Å². The Morgan fingerprint density at radius 1 is 1.37 bits per heavy atom. The molecule has 0 aliphatic carbocycles. The normalized spacial score (nSPS) is 18.2. The number of hydrogen-bond acceptors (Lipinski definition) is 3. The SMILES string of the molecule is CCP(=O)(CC)CCC1CN(C#N)c2ccccc21. The Morgan fingerprint density at radius 3 is 2.68 bits per heavy atom. The van der Waals surface area contributed by atoms with Crippen molar-refractivity contribution in [1.29, 1.82) is 5.26 Å². The van der Waals surface area contributed by atoms with Crippen molar-refractivity contribution >= 4 is 12.8 Å². The second kappa shape index (κ2) is 5.80. The molecule has 0 saturated heterocycles. The molecule has 0 spiro atoms. The minimum absolute atomic E-state index is 0.349. The van der Waals surface area contributed by atoms with Crippen LogP contribution in [0.5, 0.6) is 0 Å². The van der Waals surface area contributed by atoms with Gasteiger partial charge in [0.15, 0.2) is 6.19 Å². The van der Waals surface area contributed by atoms with Crippen LogP contribution in [0.15, 0.2) is 24.3 Å². The number of para-hydroxylation sites is 1. The minimum Gasteiger partial charge on any atom is -0.324 e. The highest BCUT2D eigenvalue weighted by molar-refractivity contribution is 7.63. The fraction of sp³-hybridized carbons (Fsp3) is 0.533.